The van der Waals surface area contributed by atoms with E-state index in [1.807, 2.05) is 35.0 Å². The van der Waals surface area contributed by atoms with Gasteiger partial charge >= 0.3 is 0 Å². The Labute approximate surface area is 212 Å². The van der Waals surface area contributed by atoms with Gasteiger partial charge in [-0.05, 0) is 53.0 Å². The number of carbonyl (C=O) groups is 2. The van der Waals surface area contributed by atoms with E-state index >= 15 is 0 Å². The number of aromatic amines is 1. The van der Waals surface area contributed by atoms with Crippen LogP contribution in [0.15, 0.2) is 48.8 Å². The van der Waals surface area contributed by atoms with Gasteiger partial charge in [0.15, 0.2) is 0 Å². The lowest BCUT2D eigenvalue weighted by Crippen LogP contribution is -2.34. The third-order valence-electron chi connectivity index (χ3n) is 7.38. The van der Waals surface area contributed by atoms with Crippen LogP contribution in [0.3, 0.4) is 0 Å². The number of nitrogens with one attached hydrogen (secondary N) is 2. The molecule has 2 unspecified atom stereocenters. The number of rotatable bonds is 7. The second kappa shape index (κ2) is 9.41. The molecule has 2 fully saturated rings. The number of benzene rings is 1. The van der Waals surface area contributed by atoms with Crippen molar-refractivity contribution in [3.8, 4) is 0 Å². The molecule has 2 N–H and O–H groups in total. The van der Waals surface area contributed by atoms with Gasteiger partial charge in [-0.25, -0.2) is 9.97 Å². The second-order valence-corrected chi connectivity index (χ2v) is 10.9. The Balaban J connectivity index is 1.10. The zero-order valence-electron chi connectivity index (χ0n) is 21.3. The van der Waals surface area contributed by atoms with E-state index in [0.29, 0.717) is 36.7 Å². The van der Waals surface area contributed by atoms with Crippen molar-refractivity contribution in [3.63, 3.8) is 0 Å². The first-order valence-electron chi connectivity index (χ1n) is 12.5. The molecular formula is C28H33N6O2. The molecule has 1 aromatic carbocycles. The standard InChI is InChI=1S/C28H33N6O2/c1-28(2,3)19-10-8-18(9-11-19)27(36)34-15-21-20(22(21)16-34)14-31-26(35)23-6-5-7-25(32-23)33(4)17-24-29-12-13-30-24/h5,7-13,20-22H,14-17H2,1-4H3,(H,29,30)(H,31,35). The smallest absolute Gasteiger partial charge is 0.270 e. The van der Waals surface area contributed by atoms with Crippen molar-refractivity contribution < 1.29 is 9.59 Å². The molecular weight excluding hydrogens is 452 g/mol. The van der Waals surface area contributed by atoms with Crippen molar-refractivity contribution in [1.82, 2.24) is 25.2 Å². The number of hydrogen-bond donors (Lipinski definition) is 2. The molecule has 1 aliphatic heterocycles. The number of fused-ring (bicyclic) bond motifs is 1. The van der Waals surface area contributed by atoms with Gasteiger partial charge in [-0.15, -0.1) is 0 Å². The molecule has 187 valence electrons. The monoisotopic (exact) mass is 485 g/mol. The van der Waals surface area contributed by atoms with Crippen LogP contribution in [0.2, 0.25) is 0 Å². The van der Waals surface area contributed by atoms with Crippen LogP contribution in [0.5, 0.6) is 0 Å². The van der Waals surface area contributed by atoms with Crippen LogP contribution in [-0.4, -0.2) is 58.3 Å². The summed E-state index contributed by atoms with van der Waals surface area (Å²) >= 11 is 0. The Bertz CT molecular complexity index is 1220. The number of nitrogens with zero attached hydrogens (tertiary/aromatic N) is 4. The molecule has 5 rings (SSSR count). The Hall–Kier alpha value is -3.68. The summed E-state index contributed by atoms with van der Waals surface area (Å²) in [6.07, 6.45) is 3.49. The Kier molecular flexibility index (Phi) is 6.28. The highest BCUT2D eigenvalue weighted by Gasteiger charge is 2.56. The number of hydrogen-bond acceptors (Lipinski definition) is 5. The largest absolute Gasteiger partial charge is 0.352 e. The lowest BCUT2D eigenvalue weighted by Gasteiger charge is -2.22. The first-order valence-corrected chi connectivity index (χ1v) is 12.5. The zero-order valence-corrected chi connectivity index (χ0v) is 21.3. The molecule has 36 heavy (non-hydrogen) atoms. The van der Waals surface area contributed by atoms with E-state index in [0.717, 1.165) is 24.5 Å². The topological polar surface area (TPSA) is 94.2 Å². The van der Waals surface area contributed by atoms with Crippen LogP contribution in [0.4, 0.5) is 5.82 Å². The predicted octanol–water partition coefficient (Wildman–Crippen LogP) is 3.29. The number of amides is 2. The molecule has 0 bridgehead atoms. The van der Waals surface area contributed by atoms with Crippen LogP contribution >= 0.6 is 0 Å². The molecule has 1 radical (unpaired) electrons. The van der Waals surface area contributed by atoms with Crippen LogP contribution < -0.4 is 10.2 Å². The van der Waals surface area contributed by atoms with Gasteiger partial charge < -0.3 is 20.1 Å². The molecule has 2 aromatic heterocycles. The molecule has 2 atom stereocenters. The van der Waals surface area contributed by atoms with E-state index in [4.69, 9.17) is 0 Å². The maximum absolute atomic E-state index is 13.0. The molecule has 0 spiro atoms. The summed E-state index contributed by atoms with van der Waals surface area (Å²) in [7, 11) is 1.91. The molecule has 1 saturated carbocycles. The van der Waals surface area contributed by atoms with Crippen LogP contribution in [-0.2, 0) is 12.0 Å². The minimum Gasteiger partial charge on any atom is -0.352 e. The van der Waals surface area contributed by atoms with Crippen molar-refractivity contribution >= 4 is 17.6 Å². The minimum atomic E-state index is -0.222. The number of piperidine rings is 1. The van der Waals surface area contributed by atoms with Crippen LogP contribution in [0, 0.1) is 23.8 Å². The van der Waals surface area contributed by atoms with Gasteiger partial charge in [-0.3, -0.25) is 9.59 Å². The molecule has 1 aliphatic carbocycles. The Morgan fingerprint density at radius 1 is 1.17 bits per heavy atom. The lowest BCUT2D eigenvalue weighted by molar-refractivity contribution is 0.0764. The number of H-pyrrole nitrogens is 1. The highest BCUT2D eigenvalue weighted by Crippen LogP contribution is 2.51. The molecule has 3 aromatic rings. The van der Waals surface area contributed by atoms with Gasteiger partial charge in [-0.2, -0.15) is 0 Å². The lowest BCUT2D eigenvalue weighted by atomic mass is 9.86. The summed E-state index contributed by atoms with van der Waals surface area (Å²) < 4.78 is 0. The van der Waals surface area contributed by atoms with Crippen molar-refractivity contribution in [2.75, 3.05) is 31.6 Å². The molecule has 1 saturated heterocycles. The third kappa shape index (κ3) is 4.98. The third-order valence-corrected chi connectivity index (χ3v) is 7.38. The Morgan fingerprint density at radius 2 is 1.89 bits per heavy atom. The summed E-state index contributed by atoms with van der Waals surface area (Å²) in [5, 5.41) is 3.02. The van der Waals surface area contributed by atoms with E-state index in [1.165, 1.54) is 5.56 Å². The average molecular weight is 486 g/mol. The van der Waals surface area contributed by atoms with Crippen LogP contribution in [0.25, 0.3) is 0 Å². The van der Waals surface area contributed by atoms with Gasteiger partial charge in [0.25, 0.3) is 11.8 Å². The highest BCUT2D eigenvalue weighted by atomic mass is 16.2. The Morgan fingerprint density at radius 3 is 2.53 bits per heavy atom. The van der Waals surface area contributed by atoms with E-state index in [2.05, 4.69) is 59.2 Å². The fourth-order valence-corrected chi connectivity index (χ4v) is 5.11. The number of anilines is 1. The van der Waals surface area contributed by atoms with E-state index in [-0.39, 0.29) is 22.9 Å². The number of imidazole rings is 1. The maximum Gasteiger partial charge on any atom is 0.270 e. The van der Waals surface area contributed by atoms with E-state index < -0.39 is 0 Å². The molecule has 2 amide bonds. The van der Waals surface area contributed by atoms with Gasteiger partial charge in [0.1, 0.15) is 17.3 Å². The van der Waals surface area contributed by atoms with Crippen LogP contribution in [0.1, 0.15) is 53.0 Å². The van der Waals surface area contributed by atoms with Crippen molar-refractivity contribution in [1.29, 1.82) is 0 Å². The molecule has 8 nitrogen and oxygen atoms in total. The fraction of sp³-hybridized carbons (Fsp3) is 0.429. The predicted molar refractivity (Wildman–Crippen MR) is 138 cm³/mol. The summed E-state index contributed by atoms with van der Waals surface area (Å²) in [6.45, 7) is 9.17. The molecule has 3 heterocycles. The highest BCUT2D eigenvalue weighted by molar-refractivity contribution is 5.94. The average Bonchev–Trinajstić information content (AvgIpc) is 3.23. The van der Waals surface area contributed by atoms with Gasteiger partial charge in [0, 0.05) is 50.7 Å². The zero-order chi connectivity index (χ0) is 25.4. The number of pyridine rings is 1. The quantitative estimate of drug-likeness (QED) is 0.536. The summed E-state index contributed by atoms with van der Waals surface area (Å²) in [6, 6.07) is 14.5. The summed E-state index contributed by atoms with van der Waals surface area (Å²) in [5.74, 6) is 2.69. The van der Waals surface area contributed by atoms with Gasteiger partial charge in [-0.1, -0.05) is 32.9 Å². The summed E-state index contributed by atoms with van der Waals surface area (Å²) in [4.78, 5) is 41.3. The van der Waals surface area contributed by atoms with Crippen molar-refractivity contribution in [2.45, 2.75) is 32.7 Å². The van der Waals surface area contributed by atoms with Gasteiger partial charge in [0.2, 0.25) is 0 Å². The second-order valence-electron chi connectivity index (χ2n) is 10.9. The SMILES string of the molecule is CN(Cc1ncc[nH]1)c1cc[c]c(C(=O)NCC2C3CN(C(=O)c4ccc(C(C)(C)C)cc4)CC23)n1. The first-order chi connectivity index (χ1) is 17.2. The van der Waals surface area contributed by atoms with E-state index in [1.54, 1.807) is 18.5 Å². The molecule has 2 aliphatic rings. The number of aromatic nitrogens is 3. The fourth-order valence-electron chi connectivity index (χ4n) is 5.11. The minimum absolute atomic E-state index is 0.0684. The molecule has 8 heteroatoms. The number of carbonyl (C=O) groups excluding carboxylic acids is 2. The van der Waals surface area contributed by atoms with Crippen molar-refractivity contribution in [2.24, 2.45) is 17.8 Å². The number of likely N-dealkylation sites (tertiary alicyclic amines) is 1. The first kappa shape index (κ1) is 24.0. The summed E-state index contributed by atoms with van der Waals surface area (Å²) in [5.41, 5.74) is 2.31. The van der Waals surface area contributed by atoms with Crippen molar-refractivity contribution in [3.05, 3.63) is 77.5 Å². The normalized spacial score (nSPS) is 20.7. The maximum atomic E-state index is 13.0. The van der Waals surface area contributed by atoms with Gasteiger partial charge in [0.05, 0.1) is 6.54 Å². The van der Waals surface area contributed by atoms with E-state index in [9.17, 15) is 9.59 Å².